The fourth-order valence-corrected chi connectivity index (χ4v) is 2.13. The number of aromatic carboxylic acids is 1. The Bertz CT molecular complexity index is 607. The highest BCUT2D eigenvalue weighted by molar-refractivity contribution is 5.88. The molecule has 1 saturated carbocycles. The highest BCUT2D eigenvalue weighted by Gasteiger charge is 2.30. The standard InChI is InChI=1S/C15H14N2O2/c18-15(19)12-9-16-13(17-14(12)11-6-7-11)8-10-4-2-1-3-5-10/h1-5,9,11H,6-8H2,(H,18,19). The van der Waals surface area contributed by atoms with Crippen LogP contribution in [0.5, 0.6) is 0 Å². The van der Waals surface area contributed by atoms with Crippen molar-refractivity contribution in [2.75, 3.05) is 0 Å². The van der Waals surface area contributed by atoms with E-state index >= 15 is 0 Å². The van der Waals surface area contributed by atoms with E-state index in [2.05, 4.69) is 9.97 Å². The number of rotatable bonds is 4. The monoisotopic (exact) mass is 254 g/mol. The first-order valence-electron chi connectivity index (χ1n) is 6.37. The number of carboxylic acids is 1. The first kappa shape index (κ1) is 11.8. The van der Waals surface area contributed by atoms with Gasteiger partial charge in [-0.25, -0.2) is 14.8 Å². The van der Waals surface area contributed by atoms with Gasteiger partial charge in [0.2, 0.25) is 0 Å². The lowest BCUT2D eigenvalue weighted by Gasteiger charge is -2.06. The van der Waals surface area contributed by atoms with Gasteiger partial charge in [-0.3, -0.25) is 0 Å². The van der Waals surface area contributed by atoms with Gasteiger partial charge in [0.05, 0.1) is 11.3 Å². The topological polar surface area (TPSA) is 63.1 Å². The quantitative estimate of drug-likeness (QED) is 0.911. The Morgan fingerprint density at radius 1 is 1.26 bits per heavy atom. The van der Waals surface area contributed by atoms with Crippen LogP contribution < -0.4 is 0 Å². The van der Waals surface area contributed by atoms with Crippen molar-refractivity contribution in [1.82, 2.24) is 9.97 Å². The van der Waals surface area contributed by atoms with Crippen LogP contribution in [-0.2, 0) is 6.42 Å². The number of benzene rings is 1. The molecular weight excluding hydrogens is 240 g/mol. The third-order valence-electron chi connectivity index (χ3n) is 3.27. The molecule has 0 aliphatic heterocycles. The van der Waals surface area contributed by atoms with Crippen molar-refractivity contribution in [2.24, 2.45) is 0 Å². The van der Waals surface area contributed by atoms with Crippen molar-refractivity contribution in [1.29, 1.82) is 0 Å². The van der Waals surface area contributed by atoms with Crippen LogP contribution in [0.1, 0.15) is 46.2 Å². The third kappa shape index (κ3) is 2.62. The second kappa shape index (κ2) is 4.80. The molecule has 0 spiro atoms. The van der Waals surface area contributed by atoms with Crippen LogP contribution in [0.25, 0.3) is 0 Å². The van der Waals surface area contributed by atoms with E-state index < -0.39 is 5.97 Å². The van der Waals surface area contributed by atoms with Crippen molar-refractivity contribution in [3.63, 3.8) is 0 Å². The van der Waals surface area contributed by atoms with Crippen LogP contribution in [0.4, 0.5) is 0 Å². The zero-order chi connectivity index (χ0) is 13.2. The zero-order valence-electron chi connectivity index (χ0n) is 10.4. The maximum absolute atomic E-state index is 11.1. The molecule has 96 valence electrons. The van der Waals surface area contributed by atoms with Crippen LogP contribution in [0.15, 0.2) is 36.5 Å². The summed E-state index contributed by atoms with van der Waals surface area (Å²) in [4.78, 5) is 19.8. The Morgan fingerprint density at radius 2 is 2.00 bits per heavy atom. The lowest BCUT2D eigenvalue weighted by Crippen LogP contribution is -2.08. The summed E-state index contributed by atoms with van der Waals surface area (Å²) in [6.45, 7) is 0. The minimum Gasteiger partial charge on any atom is -0.478 e. The van der Waals surface area contributed by atoms with Crippen LogP contribution in [-0.4, -0.2) is 21.0 Å². The Labute approximate surface area is 111 Å². The van der Waals surface area contributed by atoms with Gasteiger partial charge < -0.3 is 5.11 Å². The van der Waals surface area contributed by atoms with E-state index in [1.54, 1.807) is 0 Å². The van der Waals surface area contributed by atoms with Gasteiger partial charge in [0.25, 0.3) is 0 Å². The van der Waals surface area contributed by atoms with E-state index in [9.17, 15) is 4.79 Å². The fraction of sp³-hybridized carbons (Fsp3) is 0.267. The average Bonchev–Trinajstić information content (AvgIpc) is 3.24. The summed E-state index contributed by atoms with van der Waals surface area (Å²) < 4.78 is 0. The van der Waals surface area contributed by atoms with E-state index in [0.29, 0.717) is 23.9 Å². The average molecular weight is 254 g/mol. The summed E-state index contributed by atoms with van der Waals surface area (Å²) in [5.41, 5.74) is 2.08. The molecule has 1 aliphatic rings. The molecule has 1 heterocycles. The molecule has 1 aromatic heterocycles. The first-order chi connectivity index (χ1) is 9.24. The SMILES string of the molecule is O=C(O)c1cnc(Cc2ccccc2)nc1C1CC1. The molecule has 4 nitrogen and oxygen atoms in total. The number of hydrogen-bond acceptors (Lipinski definition) is 3. The van der Waals surface area contributed by atoms with Gasteiger partial charge >= 0.3 is 5.97 Å². The van der Waals surface area contributed by atoms with Crippen LogP contribution >= 0.6 is 0 Å². The molecule has 0 unspecified atom stereocenters. The van der Waals surface area contributed by atoms with Crippen molar-refractivity contribution < 1.29 is 9.90 Å². The molecular formula is C15H14N2O2. The van der Waals surface area contributed by atoms with Crippen LogP contribution in [0.3, 0.4) is 0 Å². The molecule has 3 rings (SSSR count). The molecule has 0 bridgehead atoms. The molecule has 1 aromatic carbocycles. The van der Waals surface area contributed by atoms with Gasteiger partial charge in [-0.2, -0.15) is 0 Å². The second-order valence-corrected chi connectivity index (χ2v) is 4.83. The van der Waals surface area contributed by atoms with Gasteiger partial charge in [0.1, 0.15) is 5.82 Å². The maximum atomic E-state index is 11.1. The predicted octanol–water partition coefficient (Wildman–Crippen LogP) is 2.64. The van der Waals surface area contributed by atoms with E-state index in [0.717, 1.165) is 18.4 Å². The normalized spacial score (nSPS) is 14.3. The maximum Gasteiger partial charge on any atom is 0.339 e. The van der Waals surface area contributed by atoms with E-state index in [-0.39, 0.29) is 5.56 Å². The molecule has 0 saturated heterocycles. The fourth-order valence-electron chi connectivity index (χ4n) is 2.13. The van der Waals surface area contributed by atoms with Crippen LogP contribution in [0, 0.1) is 0 Å². The van der Waals surface area contributed by atoms with E-state index in [4.69, 9.17) is 5.11 Å². The van der Waals surface area contributed by atoms with Gasteiger partial charge in [-0.15, -0.1) is 0 Å². The molecule has 4 heteroatoms. The van der Waals surface area contributed by atoms with E-state index in [1.165, 1.54) is 6.20 Å². The van der Waals surface area contributed by atoms with Gasteiger partial charge in [0.15, 0.2) is 0 Å². The Hall–Kier alpha value is -2.23. The lowest BCUT2D eigenvalue weighted by atomic mass is 10.1. The summed E-state index contributed by atoms with van der Waals surface area (Å²) in [6, 6.07) is 9.95. The first-order valence-corrected chi connectivity index (χ1v) is 6.37. The summed E-state index contributed by atoms with van der Waals surface area (Å²) >= 11 is 0. The molecule has 0 atom stereocenters. The Balaban J connectivity index is 1.91. The second-order valence-electron chi connectivity index (χ2n) is 4.83. The van der Waals surface area contributed by atoms with Crippen molar-refractivity contribution in [3.05, 3.63) is 59.2 Å². The zero-order valence-corrected chi connectivity index (χ0v) is 10.4. The predicted molar refractivity (Wildman–Crippen MR) is 70.2 cm³/mol. The highest BCUT2D eigenvalue weighted by Crippen LogP contribution is 2.40. The number of aromatic nitrogens is 2. The summed E-state index contributed by atoms with van der Waals surface area (Å²) in [7, 11) is 0. The number of hydrogen-bond donors (Lipinski definition) is 1. The molecule has 1 fully saturated rings. The highest BCUT2D eigenvalue weighted by atomic mass is 16.4. The molecule has 1 aliphatic carbocycles. The molecule has 1 N–H and O–H groups in total. The van der Waals surface area contributed by atoms with E-state index in [1.807, 2.05) is 30.3 Å². The van der Waals surface area contributed by atoms with Crippen molar-refractivity contribution in [3.8, 4) is 0 Å². The Morgan fingerprint density at radius 3 is 2.63 bits per heavy atom. The summed E-state index contributed by atoms with van der Waals surface area (Å²) in [5.74, 6) is 0.0647. The molecule has 0 amide bonds. The minimum absolute atomic E-state index is 0.249. The van der Waals surface area contributed by atoms with Crippen molar-refractivity contribution >= 4 is 5.97 Å². The third-order valence-corrected chi connectivity index (χ3v) is 3.27. The number of carbonyl (C=O) groups is 1. The molecule has 19 heavy (non-hydrogen) atoms. The van der Waals surface area contributed by atoms with Gasteiger partial charge in [-0.05, 0) is 18.4 Å². The molecule has 2 aromatic rings. The van der Waals surface area contributed by atoms with Gasteiger partial charge in [0, 0.05) is 18.5 Å². The van der Waals surface area contributed by atoms with Crippen LogP contribution in [0.2, 0.25) is 0 Å². The molecule has 0 radical (unpaired) electrons. The summed E-state index contributed by atoms with van der Waals surface area (Å²) in [6.07, 6.45) is 4.14. The van der Waals surface area contributed by atoms with Crippen molar-refractivity contribution in [2.45, 2.75) is 25.2 Å². The minimum atomic E-state index is -0.937. The lowest BCUT2D eigenvalue weighted by molar-refractivity contribution is 0.0694. The largest absolute Gasteiger partial charge is 0.478 e. The Kier molecular flexibility index (Phi) is 2.99. The smallest absolute Gasteiger partial charge is 0.339 e. The number of nitrogens with zero attached hydrogens (tertiary/aromatic N) is 2. The summed E-state index contributed by atoms with van der Waals surface area (Å²) in [5, 5.41) is 9.14. The number of carboxylic acid groups (broad SMARTS) is 1. The van der Waals surface area contributed by atoms with Gasteiger partial charge in [-0.1, -0.05) is 30.3 Å².